The van der Waals surface area contributed by atoms with Crippen molar-refractivity contribution in [1.82, 2.24) is 4.90 Å². The van der Waals surface area contributed by atoms with Gasteiger partial charge in [-0.05, 0) is 12.1 Å². The van der Waals surface area contributed by atoms with Gasteiger partial charge in [-0.1, -0.05) is 18.2 Å². The highest BCUT2D eigenvalue weighted by molar-refractivity contribution is 6.07. The lowest BCUT2D eigenvalue weighted by molar-refractivity contribution is -0.136. The van der Waals surface area contributed by atoms with Gasteiger partial charge in [-0.3, -0.25) is 19.3 Å². The number of anilines is 1. The van der Waals surface area contributed by atoms with Gasteiger partial charge < -0.3 is 10.0 Å². The summed E-state index contributed by atoms with van der Waals surface area (Å²) >= 11 is 0. The number of carbonyl (C=O) groups excluding carboxylic acids is 2. The third-order valence-corrected chi connectivity index (χ3v) is 3.13. The first-order chi connectivity index (χ1) is 9.00. The van der Waals surface area contributed by atoms with Gasteiger partial charge in [0.15, 0.2) is 0 Å². The molecule has 1 aliphatic heterocycles. The molecule has 6 nitrogen and oxygen atoms in total. The molecule has 0 aliphatic carbocycles. The van der Waals surface area contributed by atoms with Crippen LogP contribution in [-0.4, -0.2) is 47.4 Å². The first-order valence-corrected chi connectivity index (χ1v) is 5.84. The zero-order valence-corrected chi connectivity index (χ0v) is 10.4. The summed E-state index contributed by atoms with van der Waals surface area (Å²) in [6, 6.07) is 8.02. The smallest absolute Gasteiger partial charge is 0.323 e. The van der Waals surface area contributed by atoms with Crippen molar-refractivity contribution >= 4 is 23.5 Å². The third kappa shape index (κ3) is 2.57. The van der Waals surface area contributed by atoms with Crippen LogP contribution in [0.3, 0.4) is 0 Å². The van der Waals surface area contributed by atoms with Gasteiger partial charge in [-0.15, -0.1) is 0 Å². The van der Waals surface area contributed by atoms with E-state index in [1.165, 1.54) is 11.9 Å². The topological polar surface area (TPSA) is 77.9 Å². The molecule has 1 N–H and O–H groups in total. The van der Waals surface area contributed by atoms with E-state index < -0.39 is 12.0 Å². The molecule has 1 aromatic carbocycles. The minimum absolute atomic E-state index is 0.0114. The Kier molecular flexibility index (Phi) is 3.50. The molecule has 6 heteroatoms. The Balaban J connectivity index is 2.31. The number of carboxylic acid groups (broad SMARTS) is 1. The van der Waals surface area contributed by atoms with Crippen LogP contribution in [0.4, 0.5) is 5.69 Å². The number of para-hydroxylation sites is 1. The predicted molar refractivity (Wildman–Crippen MR) is 67.6 cm³/mol. The molecular formula is C13H14N2O4. The normalized spacial score (nSPS) is 18.8. The number of nitrogens with zero attached hydrogens (tertiary/aromatic N) is 2. The number of imide groups is 1. The fourth-order valence-corrected chi connectivity index (χ4v) is 2.13. The molecule has 100 valence electrons. The standard InChI is InChI=1S/C13H14N2O4/c1-14-11(16)7-10(13(14)19)15(8-12(17)18)9-5-3-2-4-6-9/h2-6,10H,7-8H2,1H3,(H,17,18). The summed E-state index contributed by atoms with van der Waals surface area (Å²) in [5.41, 5.74) is 0.617. The van der Waals surface area contributed by atoms with E-state index in [0.717, 1.165) is 4.90 Å². The number of amides is 2. The molecule has 1 unspecified atom stereocenters. The Bertz CT molecular complexity index is 515. The van der Waals surface area contributed by atoms with Crippen LogP contribution >= 0.6 is 0 Å². The molecule has 1 atom stereocenters. The molecule has 2 amide bonds. The van der Waals surface area contributed by atoms with Gasteiger partial charge in [0.2, 0.25) is 5.91 Å². The van der Waals surface area contributed by atoms with Gasteiger partial charge in [0.25, 0.3) is 5.91 Å². The van der Waals surface area contributed by atoms with Crippen LogP contribution in [0.2, 0.25) is 0 Å². The fourth-order valence-electron chi connectivity index (χ4n) is 2.13. The van der Waals surface area contributed by atoms with Crippen LogP contribution in [0, 0.1) is 0 Å². The number of benzene rings is 1. The minimum Gasteiger partial charge on any atom is -0.480 e. The first-order valence-electron chi connectivity index (χ1n) is 5.84. The van der Waals surface area contributed by atoms with Crippen LogP contribution < -0.4 is 4.90 Å². The number of rotatable bonds is 4. The highest BCUT2D eigenvalue weighted by Crippen LogP contribution is 2.23. The summed E-state index contributed by atoms with van der Waals surface area (Å²) in [4.78, 5) is 37.0. The largest absolute Gasteiger partial charge is 0.480 e. The average molecular weight is 262 g/mol. The van der Waals surface area contributed by atoms with Crippen LogP contribution in [0.5, 0.6) is 0 Å². The monoisotopic (exact) mass is 262 g/mol. The maximum absolute atomic E-state index is 12.0. The van der Waals surface area contributed by atoms with Crippen molar-refractivity contribution in [2.24, 2.45) is 0 Å². The summed E-state index contributed by atoms with van der Waals surface area (Å²) < 4.78 is 0. The molecule has 0 spiro atoms. The van der Waals surface area contributed by atoms with Gasteiger partial charge in [0.05, 0.1) is 6.42 Å². The lowest BCUT2D eigenvalue weighted by Gasteiger charge is -2.27. The quantitative estimate of drug-likeness (QED) is 0.791. The lowest BCUT2D eigenvalue weighted by atomic mass is 10.1. The molecule has 0 saturated carbocycles. The van der Waals surface area contributed by atoms with E-state index in [2.05, 4.69) is 0 Å². The number of hydrogen-bond donors (Lipinski definition) is 1. The third-order valence-electron chi connectivity index (χ3n) is 3.13. The number of carboxylic acids is 1. The minimum atomic E-state index is -1.04. The number of likely N-dealkylation sites (N-methyl/N-ethyl adjacent to an activating group) is 1. The molecule has 1 aromatic rings. The van der Waals surface area contributed by atoms with Crippen molar-refractivity contribution in [3.63, 3.8) is 0 Å². The highest BCUT2D eigenvalue weighted by atomic mass is 16.4. The molecule has 19 heavy (non-hydrogen) atoms. The Morgan fingerprint density at radius 1 is 1.37 bits per heavy atom. The summed E-state index contributed by atoms with van der Waals surface area (Å²) in [5, 5.41) is 8.97. The fraction of sp³-hybridized carbons (Fsp3) is 0.308. The zero-order valence-electron chi connectivity index (χ0n) is 10.4. The lowest BCUT2D eigenvalue weighted by Crippen LogP contribution is -2.44. The molecule has 0 aromatic heterocycles. The second-order valence-corrected chi connectivity index (χ2v) is 4.37. The second-order valence-electron chi connectivity index (χ2n) is 4.37. The molecule has 0 bridgehead atoms. The number of carbonyl (C=O) groups is 3. The van der Waals surface area contributed by atoms with Gasteiger partial charge in [-0.25, -0.2) is 0 Å². The van der Waals surface area contributed by atoms with E-state index in [1.807, 2.05) is 0 Å². The Hall–Kier alpha value is -2.37. The average Bonchev–Trinajstić information content (AvgIpc) is 2.64. The van der Waals surface area contributed by atoms with Gasteiger partial charge in [-0.2, -0.15) is 0 Å². The SMILES string of the molecule is CN1C(=O)CC(N(CC(=O)O)c2ccccc2)C1=O. The molecule has 1 saturated heterocycles. The molecule has 1 aliphatic rings. The molecule has 1 heterocycles. The van der Waals surface area contributed by atoms with Crippen molar-refractivity contribution in [1.29, 1.82) is 0 Å². The molecule has 1 fully saturated rings. The van der Waals surface area contributed by atoms with E-state index in [9.17, 15) is 14.4 Å². The van der Waals surface area contributed by atoms with Gasteiger partial charge >= 0.3 is 5.97 Å². The van der Waals surface area contributed by atoms with Crippen LogP contribution in [0.1, 0.15) is 6.42 Å². The number of hydrogen-bond acceptors (Lipinski definition) is 4. The van der Waals surface area contributed by atoms with E-state index in [4.69, 9.17) is 5.11 Å². The van der Waals surface area contributed by atoms with Crippen molar-refractivity contribution < 1.29 is 19.5 Å². The maximum atomic E-state index is 12.0. The molecular weight excluding hydrogens is 248 g/mol. The summed E-state index contributed by atoms with van der Waals surface area (Å²) in [5.74, 6) is -1.70. The zero-order chi connectivity index (χ0) is 14.0. The molecule has 0 radical (unpaired) electrons. The molecule has 2 rings (SSSR count). The van der Waals surface area contributed by atoms with Crippen molar-refractivity contribution in [2.45, 2.75) is 12.5 Å². The van der Waals surface area contributed by atoms with Crippen LogP contribution in [-0.2, 0) is 14.4 Å². The number of likely N-dealkylation sites (tertiary alicyclic amines) is 1. The van der Waals surface area contributed by atoms with Crippen LogP contribution in [0.15, 0.2) is 30.3 Å². The first kappa shape index (κ1) is 13.1. The van der Waals surface area contributed by atoms with E-state index in [0.29, 0.717) is 5.69 Å². The predicted octanol–water partition coefficient (Wildman–Crippen LogP) is 0.335. The van der Waals surface area contributed by atoms with Crippen molar-refractivity contribution in [2.75, 3.05) is 18.5 Å². The summed E-state index contributed by atoms with van der Waals surface area (Å²) in [6.45, 7) is -0.318. The Morgan fingerprint density at radius 3 is 2.47 bits per heavy atom. The van der Waals surface area contributed by atoms with Gasteiger partial charge in [0, 0.05) is 12.7 Å². The van der Waals surface area contributed by atoms with Gasteiger partial charge in [0.1, 0.15) is 12.6 Å². The van der Waals surface area contributed by atoms with Crippen LogP contribution in [0.25, 0.3) is 0 Å². The maximum Gasteiger partial charge on any atom is 0.323 e. The number of aliphatic carboxylic acids is 1. The van der Waals surface area contributed by atoms with E-state index in [1.54, 1.807) is 30.3 Å². The van der Waals surface area contributed by atoms with Crippen molar-refractivity contribution in [3.05, 3.63) is 30.3 Å². The summed E-state index contributed by atoms with van der Waals surface area (Å²) in [6.07, 6.45) is 0.0114. The Labute approximate surface area is 110 Å². The highest BCUT2D eigenvalue weighted by Gasteiger charge is 2.40. The van der Waals surface area contributed by atoms with E-state index >= 15 is 0 Å². The van der Waals surface area contributed by atoms with E-state index in [-0.39, 0.29) is 24.8 Å². The second kappa shape index (κ2) is 5.09. The van der Waals surface area contributed by atoms with Crippen molar-refractivity contribution in [3.8, 4) is 0 Å². The Morgan fingerprint density at radius 2 is 2.00 bits per heavy atom. The summed E-state index contributed by atoms with van der Waals surface area (Å²) in [7, 11) is 1.41.